The molecule has 0 aliphatic rings. The lowest BCUT2D eigenvalue weighted by atomic mass is 9.98. The van der Waals surface area contributed by atoms with E-state index in [0.29, 0.717) is 4.77 Å². The molecule has 0 aliphatic carbocycles. The number of rotatable bonds is 3. The molecule has 1 heterocycles. The molecular weight excluding hydrogens is 282 g/mol. The third-order valence-corrected chi connectivity index (χ3v) is 3.61. The van der Waals surface area contributed by atoms with Crippen LogP contribution in [0.25, 0.3) is 22.5 Å². The SMILES string of the molecule is COc1ccc(-c2cc(-c3nc(=S)[nH][nH]3)ccc2C)cc1. The predicted molar refractivity (Wildman–Crippen MR) is 85.9 cm³/mol. The number of aromatic amines is 2. The van der Waals surface area contributed by atoms with Gasteiger partial charge in [-0.25, -0.2) is 0 Å². The van der Waals surface area contributed by atoms with Gasteiger partial charge in [0.05, 0.1) is 7.11 Å². The zero-order valence-corrected chi connectivity index (χ0v) is 12.6. The average Bonchev–Trinajstić information content (AvgIpc) is 2.94. The molecule has 0 saturated carbocycles. The van der Waals surface area contributed by atoms with E-state index in [1.165, 1.54) is 5.56 Å². The first-order valence-corrected chi connectivity index (χ1v) is 6.98. The van der Waals surface area contributed by atoms with Crippen LogP contribution in [0, 0.1) is 11.7 Å². The number of aryl methyl sites for hydroxylation is 1. The second-order valence-corrected chi connectivity index (χ2v) is 5.16. The number of methoxy groups -OCH3 is 1. The maximum Gasteiger partial charge on any atom is 0.213 e. The first-order chi connectivity index (χ1) is 10.2. The van der Waals surface area contributed by atoms with E-state index in [1.807, 2.05) is 18.2 Å². The second-order valence-electron chi connectivity index (χ2n) is 4.77. The van der Waals surface area contributed by atoms with Crippen LogP contribution in [-0.2, 0) is 0 Å². The Morgan fingerprint density at radius 2 is 1.71 bits per heavy atom. The third kappa shape index (κ3) is 2.73. The van der Waals surface area contributed by atoms with Gasteiger partial charge in [-0.15, -0.1) is 0 Å². The van der Waals surface area contributed by atoms with Gasteiger partial charge in [0, 0.05) is 5.56 Å². The number of benzene rings is 2. The lowest BCUT2D eigenvalue weighted by molar-refractivity contribution is 0.415. The molecule has 0 amide bonds. The van der Waals surface area contributed by atoms with Crippen LogP contribution in [0.4, 0.5) is 0 Å². The molecule has 3 rings (SSSR count). The smallest absolute Gasteiger partial charge is 0.213 e. The number of ether oxygens (including phenoxy) is 1. The molecule has 0 radical (unpaired) electrons. The molecule has 2 N–H and O–H groups in total. The van der Waals surface area contributed by atoms with Crippen LogP contribution < -0.4 is 4.74 Å². The largest absolute Gasteiger partial charge is 0.497 e. The Balaban J connectivity index is 2.07. The van der Waals surface area contributed by atoms with Gasteiger partial charge in [0.2, 0.25) is 4.77 Å². The zero-order valence-electron chi connectivity index (χ0n) is 11.8. The summed E-state index contributed by atoms with van der Waals surface area (Å²) in [5.41, 5.74) is 4.51. The lowest BCUT2D eigenvalue weighted by Gasteiger charge is -2.09. The topological polar surface area (TPSA) is 53.7 Å². The minimum absolute atomic E-state index is 0.455. The van der Waals surface area contributed by atoms with Crippen molar-refractivity contribution >= 4 is 12.2 Å². The van der Waals surface area contributed by atoms with E-state index in [0.717, 1.165) is 28.3 Å². The maximum absolute atomic E-state index is 5.20. The summed E-state index contributed by atoms with van der Waals surface area (Å²) in [6.45, 7) is 2.09. The fourth-order valence-corrected chi connectivity index (χ4v) is 2.40. The monoisotopic (exact) mass is 297 g/mol. The number of nitrogens with zero attached hydrogens (tertiary/aromatic N) is 1. The molecule has 0 aliphatic heterocycles. The number of hydrogen-bond acceptors (Lipinski definition) is 3. The molecule has 0 atom stereocenters. The van der Waals surface area contributed by atoms with Crippen LogP contribution in [0.5, 0.6) is 5.75 Å². The molecule has 0 spiro atoms. The van der Waals surface area contributed by atoms with Crippen molar-refractivity contribution in [2.24, 2.45) is 0 Å². The fraction of sp³-hybridized carbons (Fsp3) is 0.125. The molecule has 21 heavy (non-hydrogen) atoms. The first-order valence-electron chi connectivity index (χ1n) is 6.57. The van der Waals surface area contributed by atoms with Gasteiger partial charge in [0.15, 0.2) is 5.82 Å². The molecular formula is C16H15N3OS. The van der Waals surface area contributed by atoms with Crippen molar-refractivity contribution < 1.29 is 4.74 Å². The van der Waals surface area contributed by atoms with Gasteiger partial charge < -0.3 is 4.74 Å². The summed E-state index contributed by atoms with van der Waals surface area (Å²) >= 11 is 5.00. The highest BCUT2D eigenvalue weighted by atomic mass is 32.1. The maximum atomic E-state index is 5.20. The highest BCUT2D eigenvalue weighted by Gasteiger charge is 2.07. The Kier molecular flexibility index (Phi) is 3.58. The summed E-state index contributed by atoms with van der Waals surface area (Å²) in [5, 5.41) is 5.80. The first kappa shape index (κ1) is 13.6. The van der Waals surface area contributed by atoms with E-state index in [4.69, 9.17) is 17.0 Å². The van der Waals surface area contributed by atoms with Crippen molar-refractivity contribution in [2.45, 2.75) is 6.92 Å². The minimum Gasteiger partial charge on any atom is -0.497 e. The summed E-state index contributed by atoms with van der Waals surface area (Å²) in [7, 11) is 1.67. The molecule has 0 bridgehead atoms. The van der Waals surface area contributed by atoms with Gasteiger partial charge in [-0.05, 0) is 54.0 Å². The van der Waals surface area contributed by atoms with Gasteiger partial charge in [0.1, 0.15) is 5.75 Å². The van der Waals surface area contributed by atoms with Crippen molar-refractivity contribution in [3.8, 4) is 28.3 Å². The van der Waals surface area contributed by atoms with Gasteiger partial charge >= 0.3 is 0 Å². The summed E-state index contributed by atoms with van der Waals surface area (Å²) in [4.78, 5) is 4.26. The summed E-state index contributed by atoms with van der Waals surface area (Å²) in [6, 6.07) is 14.3. The van der Waals surface area contributed by atoms with Crippen LogP contribution in [-0.4, -0.2) is 22.3 Å². The fourth-order valence-electron chi connectivity index (χ4n) is 2.26. The van der Waals surface area contributed by atoms with Gasteiger partial charge in [-0.2, -0.15) is 4.98 Å². The van der Waals surface area contributed by atoms with E-state index in [9.17, 15) is 0 Å². The van der Waals surface area contributed by atoms with Gasteiger partial charge in [-0.1, -0.05) is 24.3 Å². The Labute approximate surface area is 127 Å². The minimum atomic E-state index is 0.455. The van der Waals surface area contributed by atoms with Crippen molar-refractivity contribution in [1.29, 1.82) is 0 Å². The number of H-pyrrole nitrogens is 2. The second kappa shape index (κ2) is 5.54. The molecule has 5 heteroatoms. The zero-order chi connectivity index (χ0) is 14.8. The van der Waals surface area contributed by atoms with Crippen molar-refractivity contribution in [2.75, 3.05) is 7.11 Å². The van der Waals surface area contributed by atoms with Crippen molar-refractivity contribution in [1.82, 2.24) is 15.2 Å². The number of nitrogens with one attached hydrogen (secondary N) is 2. The van der Waals surface area contributed by atoms with E-state index >= 15 is 0 Å². The quantitative estimate of drug-likeness (QED) is 0.715. The Bertz CT molecular complexity index is 818. The number of hydrogen-bond donors (Lipinski definition) is 2. The van der Waals surface area contributed by atoms with Crippen LogP contribution in [0.2, 0.25) is 0 Å². The predicted octanol–water partition coefficient (Wildman–Crippen LogP) is 4.12. The van der Waals surface area contributed by atoms with E-state index in [2.05, 4.69) is 46.4 Å². The molecule has 0 saturated heterocycles. The van der Waals surface area contributed by atoms with E-state index < -0.39 is 0 Å². The Morgan fingerprint density at radius 1 is 1.00 bits per heavy atom. The van der Waals surface area contributed by atoms with Crippen LogP contribution >= 0.6 is 12.2 Å². The Morgan fingerprint density at radius 3 is 2.33 bits per heavy atom. The average molecular weight is 297 g/mol. The van der Waals surface area contributed by atoms with Crippen LogP contribution in [0.15, 0.2) is 42.5 Å². The van der Waals surface area contributed by atoms with E-state index in [1.54, 1.807) is 7.11 Å². The number of aromatic nitrogens is 3. The molecule has 3 aromatic rings. The highest BCUT2D eigenvalue weighted by Crippen LogP contribution is 2.29. The van der Waals surface area contributed by atoms with Gasteiger partial charge in [-0.3, -0.25) is 10.2 Å². The molecule has 2 aromatic carbocycles. The molecule has 0 fully saturated rings. The van der Waals surface area contributed by atoms with E-state index in [-0.39, 0.29) is 0 Å². The standard InChI is InChI=1S/C16H15N3OS/c1-10-3-4-12(15-17-16(21)19-18-15)9-14(10)11-5-7-13(20-2)8-6-11/h3-9H,1-2H3,(H2,17,18,19,21). The molecule has 4 nitrogen and oxygen atoms in total. The van der Waals surface area contributed by atoms with Crippen molar-refractivity contribution in [3.05, 3.63) is 52.8 Å². The summed E-state index contributed by atoms with van der Waals surface area (Å²) in [6.07, 6.45) is 0. The molecule has 106 valence electrons. The van der Waals surface area contributed by atoms with Gasteiger partial charge in [0.25, 0.3) is 0 Å². The van der Waals surface area contributed by atoms with Crippen LogP contribution in [0.3, 0.4) is 0 Å². The Hall–Kier alpha value is -2.40. The highest BCUT2D eigenvalue weighted by molar-refractivity contribution is 7.71. The lowest BCUT2D eigenvalue weighted by Crippen LogP contribution is -1.88. The van der Waals surface area contributed by atoms with Crippen molar-refractivity contribution in [3.63, 3.8) is 0 Å². The summed E-state index contributed by atoms with van der Waals surface area (Å²) < 4.78 is 5.66. The molecule has 1 aromatic heterocycles. The van der Waals surface area contributed by atoms with Crippen LogP contribution in [0.1, 0.15) is 5.56 Å². The summed E-state index contributed by atoms with van der Waals surface area (Å²) in [5.74, 6) is 1.60. The molecule has 0 unspecified atom stereocenters. The normalized spacial score (nSPS) is 10.6. The third-order valence-electron chi connectivity index (χ3n) is 3.41.